The smallest absolute Gasteiger partial charge is 0.0701 e. The molecule has 2 heteroatoms. The molecule has 0 spiro atoms. The molecule has 1 saturated carbocycles. The highest BCUT2D eigenvalue weighted by atomic mass is 14.7. The Morgan fingerprint density at radius 1 is 0.500 bits per heavy atom. The molecular weight excluding hydrogens is 364 g/mol. The molecule has 2 nitrogen and oxygen atoms in total. The molecule has 2 aromatic heterocycles. The van der Waals surface area contributed by atoms with Crippen LogP contribution in [0.5, 0.6) is 0 Å². The lowest BCUT2D eigenvalue weighted by Gasteiger charge is -2.39. The molecule has 148 valence electrons. The third-order valence-corrected chi connectivity index (χ3v) is 6.50. The molecule has 4 aromatic rings. The third kappa shape index (κ3) is 3.54. The van der Waals surface area contributed by atoms with Gasteiger partial charge < -0.3 is 0 Å². The van der Waals surface area contributed by atoms with Gasteiger partial charge in [0, 0.05) is 28.9 Å². The summed E-state index contributed by atoms with van der Waals surface area (Å²) in [5.41, 5.74) is 7.36. The summed E-state index contributed by atoms with van der Waals surface area (Å²) < 4.78 is 0. The maximum Gasteiger partial charge on any atom is 0.0701 e. The fourth-order valence-corrected chi connectivity index (χ4v) is 4.89. The molecule has 2 heterocycles. The van der Waals surface area contributed by atoms with E-state index in [1.54, 1.807) is 0 Å². The Hall–Kier alpha value is -3.26. The van der Waals surface area contributed by atoms with Gasteiger partial charge in [-0.05, 0) is 48.2 Å². The summed E-state index contributed by atoms with van der Waals surface area (Å²) in [6.45, 7) is 0. The Kier molecular flexibility index (Phi) is 5.15. The Bertz CT molecular complexity index is 994. The minimum Gasteiger partial charge on any atom is -0.256 e. The fourth-order valence-electron chi connectivity index (χ4n) is 4.89. The lowest BCUT2D eigenvalue weighted by molar-refractivity contribution is 0.346. The molecule has 1 fully saturated rings. The standard InChI is InChI=1S/C28H26N2/c1-4-18-28(19-5-1,24-14-10-22(11-15-24)26-8-2-6-20-29-26)25-16-12-23(13-17-25)27-9-3-7-21-30-27/h2-3,6-17,20-21H,1,4-5,18-19H2. The Labute approximate surface area is 178 Å². The number of rotatable bonds is 4. The molecule has 0 N–H and O–H groups in total. The highest BCUT2D eigenvalue weighted by Crippen LogP contribution is 2.45. The van der Waals surface area contributed by atoms with Gasteiger partial charge in [-0.3, -0.25) is 9.97 Å². The first kappa shape index (κ1) is 18.7. The van der Waals surface area contributed by atoms with E-state index < -0.39 is 0 Å². The monoisotopic (exact) mass is 390 g/mol. The number of pyridine rings is 2. The van der Waals surface area contributed by atoms with Crippen LogP contribution < -0.4 is 0 Å². The Morgan fingerprint density at radius 3 is 1.37 bits per heavy atom. The van der Waals surface area contributed by atoms with Gasteiger partial charge in [0.2, 0.25) is 0 Å². The second kappa shape index (κ2) is 8.23. The molecule has 30 heavy (non-hydrogen) atoms. The summed E-state index contributed by atoms with van der Waals surface area (Å²) in [5, 5.41) is 0. The van der Waals surface area contributed by atoms with Crippen molar-refractivity contribution in [3.63, 3.8) is 0 Å². The normalized spacial score (nSPS) is 15.6. The van der Waals surface area contributed by atoms with Gasteiger partial charge in [0.15, 0.2) is 0 Å². The van der Waals surface area contributed by atoms with Gasteiger partial charge >= 0.3 is 0 Å². The van der Waals surface area contributed by atoms with Crippen molar-refractivity contribution < 1.29 is 0 Å². The van der Waals surface area contributed by atoms with Crippen LogP contribution in [0.4, 0.5) is 0 Å². The van der Waals surface area contributed by atoms with E-state index in [1.165, 1.54) is 54.4 Å². The van der Waals surface area contributed by atoms with Gasteiger partial charge in [0.1, 0.15) is 0 Å². The minimum absolute atomic E-state index is 0.101. The van der Waals surface area contributed by atoms with Crippen LogP contribution in [0.1, 0.15) is 43.2 Å². The van der Waals surface area contributed by atoms with Crippen molar-refractivity contribution in [2.24, 2.45) is 0 Å². The largest absolute Gasteiger partial charge is 0.256 e. The molecule has 0 radical (unpaired) electrons. The summed E-state index contributed by atoms with van der Waals surface area (Å²) in [6, 6.07) is 30.4. The van der Waals surface area contributed by atoms with Crippen molar-refractivity contribution in [2.45, 2.75) is 37.5 Å². The van der Waals surface area contributed by atoms with E-state index in [0.29, 0.717) is 0 Å². The molecule has 0 amide bonds. The predicted octanol–water partition coefficient (Wildman–Crippen LogP) is 7.06. The first-order chi connectivity index (χ1) is 14.9. The highest BCUT2D eigenvalue weighted by Gasteiger charge is 2.35. The highest BCUT2D eigenvalue weighted by molar-refractivity contribution is 5.62. The summed E-state index contributed by atoms with van der Waals surface area (Å²) in [4.78, 5) is 9.00. The second-order valence-corrected chi connectivity index (χ2v) is 8.23. The molecule has 0 aliphatic heterocycles. The summed E-state index contributed by atoms with van der Waals surface area (Å²) in [7, 11) is 0. The lowest BCUT2D eigenvalue weighted by Crippen LogP contribution is -2.30. The van der Waals surface area contributed by atoms with Crippen LogP contribution in [0.2, 0.25) is 0 Å². The molecule has 0 saturated heterocycles. The van der Waals surface area contributed by atoms with Crippen molar-refractivity contribution >= 4 is 0 Å². The van der Waals surface area contributed by atoms with Gasteiger partial charge in [0.05, 0.1) is 11.4 Å². The maximum absolute atomic E-state index is 4.50. The van der Waals surface area contributed by atoms with E-state index >= 15 is 0 Å². The van der Waals surface area contributed by atoms with E-state index in [2.05, 4.69) is 70.6 Å². The van der Waals surface area contributed by atoms with Crippen LogP contribution in [-0.2, 0) is 5.41 Å². The van der Waals surface area contributed by atoms with Crippen molar-refractivity contribution in [3.8, 4) is 22.5 Å². The van der Waals surface area contributed by atoms with Crippen LogP contribution in [0.25, 0.3) is 22.5 Å². The first-order valence-corrected chi connectivity index (χ1v) is 10.9. The van der Waals surface area contributed by atoms with Crippen molar-refractivity contribution in [1.82, 2.24) is 9.97 Å². The second-order valence-electron chi connectivity index (χ2n) is 8.23. The van der Waals surface area contributed by atoms with Crippen molar-refractivity contribution in [3.05, 3.63) is 108 Å². The zero-order valence-electron chi connectivity index (χ0n) is 17.2. The van der Waals surface area contributed by atoms with E-state index in [4.69, 9.17) is 0 Å². The number of hydrogen-bond acceptors (Lipinski definition) is 2. The number of aromatic nitrogens is 2. The topological polar surface area (TPSA) is 25.8 Å². The number of nitrogens with zero attached hydrogens (tertiary/aromatic N) is 2. The Morgan fingerprint density at radius 2 is 0.967 bits per heavy atom. The van der Waals surface area contributed by atoms with Gasteiger partial charge in [-0.15, -0.1) is 0 Å². The average Bonchev–Trinajstić information content (AvgIpc) is 2.86. The summed E-state index contributed by atoms with van der Waals surface area (Å²) in [6.07, 6.45) is 10.0. The quantitative estimate of drug-likeness (QED) is 0.373. The molecule has 0 atom stereocenters. The van der Waals surface area contributed by atoms with E-state index in [9.17, 15) is 0 Å². The van der Waals surface area contributed by atoms with Crippen LogP contribution >= 0.6 is 0 Å². The summed E-state index contributed by atoms with van der Waals surface area (Å²) in [5.74, 6) is 0. The first-order valence-electron chi connectivity index (χ1n) is 10.9. The van der Waals surface area contributed by atoms with Gasteiger partial charge in [-0.1, -0.05) is 79.9 Å². The van der Waals surface area contributed by atoms with Gasteiger partial charge in [0.25, 0.3) is 0 Å². The predicted molar refractivity (Wildman–Crippen MR) is 123 cm³/mol. The molecule has 1 aliphatic rings. The average molecular weight is 391 g/mol. The SMILES string of the molecule is c1ccc(-c2ccc(C3(c4ccc(-c5ccccn5)cc4)CCCCC3)cc2)nc1. The molecular formula is C28H26N2. The van der Waals surface area contributed by atoms with Crippen LogP contribution in [0.15, 0.2) is 97.3 Å². The van der Waals surface area contributed by atoms with E-state index in [0.717, 1.165) is 11.4 Å². The zero-order chi connectivity index (χ0) is 20.2. The third-order valence-electron chi connectivity index (χ3n) is 6.50. The molecule has 0 unspecified atom stereocenters. The van der Waals surface area contributed by atoms with Crippen LogP contribution in [0.3, 0.4) is 0 Å². The van der Waals surface area contributed by atoms with E-state index in [-0.39, 0.29) is 5.41 Å². The van der Waals surface area contributed by atoms with Crippen molar-refractivity contribution in [2.75, 3.05) is 0 Å². The minimum atomic E-state index is 0.101. The molecule has 5 rings (SSSR count). The van der Waals surface area contributed by atoms with Gasteiger partial charge in [-0.2, -0.15) is 0 Å². The van der Waals surface area contributed by atoms with Crippen LogP contribution in [0, 0.1) is 0 Å². The lowest BCUT2D eigenvalue weighted by atomic mass is 9.65. The van der Waals surface area contributed by atoms with Gasteiger partial charge in [-0.25, -0.2) is 0 Å². The maximum atomic E-state index is 4.50. The number of benzene rings is 2. The number of hydrogen-bond donors (Lipinski definition) is 0. The molecule has 0 bridgehead atoms. The van der Waals surface area contributed by atoms with E-state index in [1.807, 2.05) is 36.7 Å². The molecule has 1 aliphatic carbocycles. The van der Waals surface area contributed by atoms with Crippen molar-refractivity contribution in [1.29, 1.82) is 0 Å². The molecule has 2 aromatic carbocycles. The fraction of sp³-hybridized carbons (Fsp3) is 0.214. The Balaban J connectivity index is 1.51. The van der Waals surface area contributed by atoms with Crippen LogP contribution in [-0.4, -0.2) is 9.97 Å². The zero-order valence-corrected chi connectivity index (χ0v) is 17.2. The summed E-state index contributed by atoms with van der Waals surface area (Å²) >= 11 is 0.